The molecule has 0 fully saturated rings. The van der Waals surface area contributed by atoms with Crippen LogP contribution in [0.2, 0.25) is 0 Å². The van der Waals surface area contributed by atoms with Gasteiger partial charge in [0.25, 0.3) is 6.43 Å². The molecule has 1 heterocycles. The first-order valence-electron chi connectivity index (χ1n) is 6.04. The van der Waals surface area contributed by atoms with E-state index >= 15 is 0 Å². The van der Waals surface area contributed by atoms with Crippen molar-refractivity contribution < 1.29 is 18.2 Å². The first-order chi connectivity index (χ1) is 9.99. The number of benzene rings is 1. The first-order valence-corrected chi connectivity index (χ1v) is 6.84. The van der Waals surface area contributed by atoms with Gasteiger partial charge in [0.05, 0.1) is 16.1 Å². The van der Waals surface area contributed by atoms with Crippen molar-refractivity contribution in [2.24, 2.45) is 4.99 Å². The third-order valence-corrected chi connectivity index (χ3v) is 3.35. The number of alkyl halides is 2. The molecule has 1 N–H and O–H groups in total. The van der Waals surface area contributed by atoms with Crippen molar-refractivity contribution in [1.29, 1.82) is 5.26 Å². The van der Waals surface area contributed by atoms with Gasteiger partial charge in [-0.2, -0.15) is 5.26 Å². The van der Waals surface area contributed by atoms with Crippen LogP contribution in [0.15, 0.2) is 27.7 Å². The van der Waals surface area contributed by atoms with E-state index in [0.29, 0.717) is 27.5 Å². The summed E-state index contributed by atoms with van der Waals surface area (Å²) in [7, 11) is 1.70. The van der Waals surface area contributed by atoms with Gasteiger partial charge in [-0.3, -0.25) is 4.99 Å². The number of nitrogens with one attached hydrogen (secondary N) is 1. The number of rotatable bonds is 3. The molecule has 0 aliphatic carbocycles. The van der Waals surface area contributed by atoms with Gasteiger partial charge in [0, 0.05) is 0 Å². The van der Waals surface area contributed by atoms with E-state index in [1.165, 1.54) is 0 Å². The van der Waals surface area contributed by atoms with Crippen LogP contribution in [0.3, 0.4) is 0 Å². The standard InChI is InChI=1S/C13H12BrF2N4O/c1-20-13(5-12(19-20)18-7-11(15)16)21-10-4-8(6-17)2-3-9(10)14/h2-4,11H,5,7H2,1H3,(H,18,19)/q+1. The molecule has 1 aliphatic rings. The second-order valence-corrected chi connectivity index (χ2v) is 5.13. The summed E-state index contributed by atoms with van der Waals surface area (Å²) in [5.74, 6) is 1.41. The van der Waals surface area contributed by atoms with Crippen molar-refractivity contribution in [1.82, 2.24) is 5.43 Å². The molecule has 1 aromatic carbocycles. The van der Waals surface area contributed by atoms with Crippen LogP contribution < -0.4 is 10.2 Å². The molecule has 5 nitrogen and oxygen atoms in total. The maximum atomic E-state index is 12.1. The molecule has 8 heteroatoms. The van der Waals surface area contributed by atoms with E-state index in [1.54, 1.807) is 29.9 Å². The maximum absolute atomic E-state index is 12.1. The minimum Gasteiger partial charge on any atom is -0.405 e. The van der Waals surface area contributed by atoms with Crippen molar-refractivity contribution in [3.63, 3.8) is 0 Å². The van der Waals surface area contributed by atoms with E-state index in [0.717, 1.165) is 0 Å². The molecule has 21 heavy (non-hydrogen) atoms. The van der Waals surface area contributed by atoms with E-state index in [1.807, 2.05) is 6.07 Å². The molecule has 0 amide bonds. The second kappa shape index (κ2) is 6.63. The van der Waals surface area contributed by atoms with Crippen molar-refractivity contribution in [3.05, 3.63) is 28.2 Å². The lowest BCUT2D eigenvalue weighted by Crippen LogP contribution is -2.26. The van der Waals surface area contributed by atoms with Crippen LogP contribution in [0.5, 0.6) is 5.75 Å². The summed E-state index contributed by atoms with van der Waals surface area (Å²) in [6, 6.07) is 6.99. The SMILES string of the molecule is C[N+]1=C(Oc2cc(C#N)ccc2Br)CC(=NCC(F)F)N1. The average molecular weight is 358 g/mol. The molecule has 0 bridgehead atoms. The Morgan fingerprint density at radius 3 is 3.00 bits per heavy atom. The number of nitriles is 1. The molecule has 110 valence electrons. The van der Waals surface area contributed by atoms with Crippen LogP contribution in [0.1, 0.15) is 12.0 Å². The number of nitrogens with zero attached hydrogens (tertiary/aromatic N) is 3. The third-order valence-electron chi connectivity index (χ3n) is 2.70. The van der Waals surface area contributed by atoms with Crippen LogP contribution in [0, 0.1) is 11.3 Å². The average Bonchev–Trinajstić information content (AvgIpc) is 2.79. The van der Waals surface area contributed by atoms with Crippen LogP contribution >= 0.6 is 15.9 Å². The molecule has 0 unspecified atom stereocenters. The Bertz CT molecular complexity index is 652. The normalized spacial score (nSPS) is 16.3. The lowest BCUT2D eigenvalue weighted by atomic mass is 10.2. The van der Waals surface area contributed by atoms with Gasteiger partial charge in [0.1, 0.15) is 18.7 Å². The maximum Gasteiger partial charge on any atom is 0.378 e. The monoisotopic (exact) mass is 357 g/mol. The molecular weight excluding hydrogens is 346 g/mol. The highest BCUT2D eigenvalue weighted by Gasteiger charge is 2.28. The van der Waals surface area contributed by atoms with Gasteiger partial charge >= 0.3 is 5.90 Å². The summed E-state index contributed by atoms with van der Waals surface area (Å²) in [6.07, 6.45) is -2.19. The molecule has 0 saturated heterocycles. The zero-order valence-electron chi connectivity index (χ0n) is 11.1. The largest absolute Gasteiger partial charge is 0.405 e. The molecule has 0 saturated carbocycles. The number of hydrogen-bond acceptors (Lipinski definition) is 3. The predicted octanol–water partition coefficient (Wildman–Crippen LogP) is 2.31. The molecule has 0 aromatic heterocycles. The van der Waals surface area contributed by atoms with E-state index in [9.17, 15) is 8.78 Å². The number of ether oxygens (including phenoxy) is 1. The van der Waals surface area contributed by atoms with Gasteiger partial charge in [-0.15, -0.1) is 5.43 Å². The van der Waals surface area contributed by atoms with Gasteiger partial charge in [-0.05, 0) is 34.1 Å². The van der Waals surface area contributed by atoms with Gasteiger partial charge in [0.2, 0.25) is 0 Å². The summed E-state index contributed by atoms with van der Waals surface area (Å²) < 4.78 is 32.3. The van der Waals surface area contributed by atoms with E-state index in [4.69, 9.17) is 10.00 Å². The zero-order chi connectivity index (χ0) is 15.4. The highest BCUT2D eigenvalue weighted by Crippen LogP contribution is 2.26. The van der Waals surface area contributed by atoms with Crippen molar-refractivity contribution in [3.8, 4) is 11.8 Å². The van der Waals surface area contributed by atoms with Gasteiger partial charge in [-0.25, -0.2) is 8.78 Å². The second-order valence-electron chi connectivity index (χ2n) is 4.28. The summed E-state index contributed by atoms with van der Waals surface area (Å²) in [6.45, 7) is -0.545. The highest BCUT2D eigenvalue weighted by atomic mass is 79.9. The molecule has 1 aromatic rings. The number of hydrazine groups is 1. The van der Waals surface area contributed by atoms with Gasteiger partial charge in [-0.1, -0.05) is 4.68 Å². The number of hydrogen-bond donors (Lipinski definition) is 1. The summed E-state index contributed by atoms with van der Waals surface area (Å²) in [4.78, 5) is 3.77. The summed E-state index contributed by atoms with van der Waals surface area (Å²) in [5, 5.41) is 8.89. The minimum absolute atomic E-state index is 0.284. The predicted molar refractivity (Wildman–Crippen MR) is 76.7 cm³/mol. The van der Waals surface area contributed by atoms with E-state index in [2.05, 4.69) is 26.3 Å². The van der Waals surface area contributed by atoms with Crippen LogP contribution in [-0.2, 0) is 0 Å². The van der Waals surface area contributed by atoms with Crippen molar-refractivity contribution in [2.75, 3.05) is 13.6 Å². The number of amidine groups is 1. The molecule has 0 spiro atoms. The molecule has 0 radical (unpaired) electrons. The fraction of sp³-hybridized carbons (Fsp3) is 0.308. The number of halogens is 3. The quantitative estimate of drug-likeness (QED) is 0.844. The molecule has 1 aliphatic heterocycles. The Kier molecular flexibility index (Phi) is 4.85. The van der Waals surface area contributed by atoms with Gasteiger partial charge < -0.3 is 4.74 Å². The Labute approximate surface area is 128 Å². The van der Waals surface area contributed by atoms with Gasteiger partial charge in [0.15, 0.2) is 12.9 Å². The molecule has 2 rings (SSSR count). The van der Waals surface area contributed by atoms with E-state index in [-0.39, 0.29) is 6.42 Å². The fourth-order valence-electron chi connectivity index (χ4n) is 1.71. The number of hydrazone groups is 1. The van der Waals surface area contributed by atoms with Crippen LogP contribution in [0.4, 0.5) is 8.78 Å². The highest BCUT2D eigenvalue weighted by molar-refractivity contribution is 9.10. The minimum atomic E-state index is -2.48. The fourth-order valence-corrected chi connectivity index (χ4v) is 2.04. The smallest absolute Gasteiger partial charge is 0.378 e. The summed E-state index contributed by atoms with van der Waals surface area (Å²) in [5.41, 5.74) is 3.30. The topological polar surface area (TPSA) is 60.4 Å². The number of aliphatic imine (C=N–C) groups is 1. The van der Waals surface area contributed by atoms with E-state index < -0.39 is 13.0 Å². The summed E-state index contributed by atoms with van der Waals surface area (Å²) >= 11 is 3.34. The Morgan fingerprint density at radius 1 is 1.57 bits per heavy atom. The Balaban J connectivity index is 2.12. The molecular formula is C13H12BrF2N4O+. The Hall–Kier alpha value is -2.01. The lowest BCUT2D eigenvalue weighted by Gasteiger charge is -2.04. The zero-order valence-corrected chi connectivity index (χ0v) is 12.7. The van der Waals surface area contributed by atoms with Crippen LogP contribution in [0.25, 0.3) is 0 Å². The van der Waals surface area contributed by atoms with Crippen molar-refractivity contribution >= 4 is 27.7 Å². The van der Waals surface area contributed by atoms with Crippen LogP contribution in [-0.4, -0.2) is 36.4 Å². The Morgan fingerprint density at radius 2 is 2.33 bits per heavy atom. The van der Waals surface area contributed by atoms with Crippen molar-refractivity contribution in [2.45, 2.75) is 12.8 Å². The first kappa shape index (κ1) is 15.4. The third kappa shape index (κ3) is 3.98. The lowest BCUT2D eigenvalue weighted by molar-refractivity contribution is -0.542. The molecule has 0 atom stereocenters.